The number of unbranched alkanes of at least 4 members (excludes halogenated alkanes) is 3. The normalized spacial score (nSPS) is 15.3. The molecular formula is C31H58N4O8. The SMILES string of the molecule is CCCCC[C@H](NC(=O)[C@H](C)CC(=O)[C@@H](NC(=O)[C@@H](N)CCCCNC(=O)OC(C)(C)C)[C@@H](C)OC(C)(C)C)C(=O)OC. The molecule has 250 valence electrons. The Bertz CT molecular complexity index is 897. The highest BCUT2D eigenvalue weighted by molar-refractivity contribution is 5.94. The number of alkyl carbamates (subject to hydrolysis) is 1. The maximum atomic E-state index is 13.4. The minimum Gasteiger partial charge on any atom is -0.467 e. The van der Waals surface area contributed by atoms with Crippen molar-refractivity contribution in [2.75, 3.05) is 13.7 Å². The predicted molar refractivity (Wildman–Crippen MR) is 165 cm³/mol. The highest BCUT2D eigenvalue weighted by Crippen LogP contribution is 2.17. The number of hydrogen-bond acceptors (Lipinski definition) is 9. The molecule has 0 radical (unpaired) electrons. The van der Waals surface area contributed by atoms with Gasteiger partial charge in [0.2, 0.25) is 11.8 Å². The van der Waals surface area contributed by atoms with Crippen LogP contribution in [0, 0.1) is 5.92 Å². The standard InChI is InChI=1S/C31H58N4O8/c1-11-12-13-17-23(28(39)41-10)34-26(37)20(2)19-24(36)25(21(3)42-30(4,5)6)35-27(38)22(32)16-14-15-18-33-29(40)43-31(7,8)9/h20-23,25H,11-19,32H2,1-10H3,(H,33,40)(H,34,37)(H,35,38)/t20-,21-,22+,23+,25+/m1/s1. The van der Waals surface area contributed by atoms with Crippen LogP contribution >= 0.6 is 0 Å². The molecule has 0 rings (SSSR count). The van der Waals surface area contributed by atoms with Crippen LogP contribution in [0.2, 0.25) is 0 Å². The first-order valence-electron chi connectivity index (χ1n) is 15.4. The number of ketones is 1. The molecule has 0 aliphatic rings. The van der Waals surface area contributed by atoms with Crippen molar-refractivity contribution in [1.82, 2.24) is 16.0 Å². The van der Waals surface area contributed by atoms with Gasteiger partial charge in [0.05, 0.1) is 24.9 Å². The first kappa shape index (κ1) is 40.3. The molecule has 0 heterocycles. The van der Waals surface area contributed by atoms with Crippen molar-refractivity contribution in [2.24, 2.45) is 11.7 Å². The van der Waals surface area contributed by atoms with Crippen LogP contribution in [0.4, 0.5) is 4.79 Å². The van der Waals surface area contributed by atoms with Gasteiger partial charge >= 0.3 is 12.1 Å². The number of ether oxygens (including phenoxy) is 3. The Morgan fingerprint density at radius 2 is 1.42 bits per heavy atom. The zero-order valence-electron chi connectivity index (χ0n) is 28.1. The van der Waals surface area contributed by atoms with Crippen molar-refractivity contribution in [3.8, 4) is 0 Å². The van der Waals surface area contributed by atoms with Gasteiger partial charge in [-0.05, 0) is 74.1 Å². The molecule has 0 bridgehead atoms. The second-order valence-electron chi connectivity index (χ2n) is 13.1. The van der Waals surface area contributed by atoms with E-state index in [2.05, 4.69) is 16.0 Å². The number of carbonyl (C=O) groups excluding carboxylic acids is 5. The van der Waals surface area contributed by atoms with Crippen molar-refractivity contribution < 1.29 is 38.2 Å². The molecule has 5 atom stereocenters. The topological polar surface area (TPSA) is 175 Å². The predicted octanol–water partition coefficient (Wildman–Crippen LogP) is 3.53. The van der Waals surface area contributed by atoms with Crippen LogP contribution in [-0.2, 0) is 33.4 Å². The number of esters is 1. The van der Waals surface area contributed by atoms with Gasteiger partial charge in [0.15, 0.2) is 5.78 Å². The van der Waals surface area contributed by atoms with E-state index in [1.165, 1.54) is 7.11 Å². The Morgan fingerprint density at radius 1 is 0.814 bits per heavy atom. The summed E-state index contributed by atoms with van der Waals surface area (Å²) < 4.78 is 16.0. The Morgan fingerprint density at radius 3 is 1.95 bits per heavy atom. The van der Waals surface area contributed by atoms with Gasteiger partial charge < -0.3 is 35.9 Å². The summed E-state index contributed by atoms with van der Waals surface area (Å²) in [5.74, 6) is -2.65. The second kappa shape index (κ2) is 19.5. The summed E-state index contributed by atoms with van der Waals surface area (Å²) in [5.41, 5.74) is 4.94. The van der Waals surface area contributed by atoms with Gasteiger partial charge in [0.1, 0.15) is 17.7 Å². The van der Waals surface area contributed by atoms with Crippen LogP contribution in [0.5, 0.6) is 0 Å². The van der Waals surface area contributed by atoms with Crippen LogP contribution in [0.3, 0.4) is 0 Å². The van der Waals surface area contributed by atoms with E-state index in [0.717, 1.165) is 19.3 Å². The number of rotatable bonds is 19. The van der Waals surface area contributed by atoms with Crippen LogP contribution in [0.1, 0.15) is 114 Å². The van der Waals surface area contributed by atoms with E-state index >= 15 is 0 Å². The summed E-state index contributed by atoms with van der Waals surface area (Å²) in [5, 5.41) is 8.11. The summed E-state index contributed by atoms with van der Waals surface area (Å²) in [4.78, 5) is 63.3. The molecule has 43 heavy (non-hydrogen) atoms. The maximum absolute atomic E-state index is 13.4. The molecule has 0 fully saturated rings. The smallest absolute Gasteiger partial charge is 0.407 e. The average Bonchev–Trinajstić information content (AvgIpc) is 2.87. The molecular weight excluding hydrogens is 556 g/mol. The molecule has 0 aromatic heterocycles. The van der Waals surface area contributed by atoms with Crippen molar-refractivity contribution in [1.29, 1.82) is 0 Å². The lowest BCUT2D eigenvalue weighted by Gasteiger charge is -2.31. The molecule has 3 amide bonds. The van der Waals surface area contributed by atoms with Crippen LogP contribution in [0.15, 0.2) is 0 Å². The zero-order valence-corrected chi connectivity index (χ0v) is 28.1. The van der Waals surface area contributed by atoms with E-state index in [4.69, 9.17) is 19.9 Å². The number of nitrogens with one attached hydrogen (secondary N) is 3. The summed E-state index contributed by atoms with van der Waals surface area (Å²) in [6, 6.07) is -2.72. The first-order valence-corrected chi connectivity index (χ1v) is 15.4. The molecule has 5 N–H and O–H groups in total. The molecule has 0 unspecified atom stereocenters. The number of amides is 3. The third-order valence-corrected chi connectivity index (χ3v) is 6.45. The summed E-state index contributed by atoms with van der Waals surface area (Å²) in [7, 11) is 1.27. The minimum atomic E-state index is -1.04. The fourth-order valence-corrected chi connectivity index (χ4v) is 4.30. The van der Waals surface area contributed by atoms with E-state index < -0.39 is 65.2 Å². The third-order valence-electron chi connectivity index (χ3n) is 6.45. The Hall–Kier alpha value is -2.73. The van der Waals surface area contributed by atoms with E-state index in [1.54, 1.807) is 34.6 Å². The van der Waals surface area contributed by atoms with E-state index in [1.807, 2.05) is 27.7 Å². The first-order chi connectivity index (χ1) is 19.8. The lowest BCUT2D eigenvalue weighted by molar-refractivity contribution is -0.146. The van der Waals surface area contributed by atoms with Gasteiger partial charge in [-0.1, -0.05) is 33.1 Å². The van der Waals surface area contributed by atoms with Crippen molar-refractivity contribution in [3.05, 3.63) is 0 Å². The summed E-state index contributed by atoms with van der Waals surface area (Å²) in [6.07, 6.45) is 3.16. The van der Waals surface area contributed by atoms with E-state index in [9.17, 15) is 24.0 Å². The van der Waals surface area contributed by atoms with Crippen LogP contribution in [0.25, 0.3) is 0 Å². The highest BCUT2D eigenvalue weighted by Gasteiger charge is 2.34. The van der Waals surface area contributed by atoms with Crippen LogP contribution in [-0.4, -0.2) is 78.7 Å². The van der Waals surface area contributed by atoms with Crippen molar-refractivity contribution >= 4 is 29.7 Å². The second-order valence-corrected chi connectivity index (χ2v) is 13.1. The summed E-state index contributed by atoms with van der Waals surface area (Å²) >= 11 is 0. The fraction of sp³-hybridized carbons (Fsp3) is 0.839. The number of hydrogen-bond donors (Lipinski definition) is 4. The fourth-order valence-electron chi connectivity index (χ4n) is 4.30. The van der Waals surface area contributed by atoms with Crippen molar-refractivity contribution in [3.63, 3.8) is 0 Å². The van der Waals surface area contributed by atoms with E-state index in [-0.39, 0.29) is 12.2 Å². The largest absolute Gasteiger partial charge is 0.467 e. The third kappa shape index (κ3) is 18.5. The lowest BCUT2D eigenvalue weighted by Crippen LogP contribution is -2.55. The molecule has 0 spiro atoms. The molecule has 0 saturated heterocycles. The monoisotopic (exact) mass is 614 g/mol. The zero-order chi connectivity index (χ0) is 33.4. The molecule has 0 aliphatic heterocycles. The average molecular weight is 615 g/mol. The molecule has 0 aromatic rings. The molecule has 0 aromatic carbocycles. The molecule has 0 aliphatic carbocycles. The Balaban J connectivity index is 5.24. The number of methoxy groups -OCH3 is 1. The summed E-state index contributed by atoms with van der Waals surface area (Å²) in [6.45, 7) is 16.5. The molecule has 12 nitrogen and oxygen atoms in total. The lowest BCUT2D eigenvalue weighted by atomic mass is 9.95. The highest BCUT2D eigenvalue weighted by atomic mass is 16.6. The van der Waals surface area contributed by atoms with Gasteiger partial charge in [-0.15, -0.1) is 0 Å². The van der Waals surface area contributed by atoms with E-state index in [0.29, 0.717) is 32.2 Å². The number of carbonyl (C=O) groups is 5. The van der Waals surface area contributed by atoms with Gasteiger partial charge in [-0.3, -0.25) is 14.4 Å². The van der Waals surface area contributed by atoms with Gasteiger partial charge in [-0.2, -0.15) is 0 Å². The molecule has 0 saturated carbocycles. The minimum absolute atomic E-state index is 0.178. The molecule has 12 heteroatoms. The Labute approximate surface area is 258 Å². The number of nitrogens with two attached hydrogens (primary N) is 1. The van der Waals surface area contributed by atoms with Gasteiger partial charge in [0.25, 0.3) is 0 Å². The van der Waals surface area contributed by atoms with Gasteiger partial charge in [-0.25, -0.2) is 9.59 Å². The maximum Gasteiger partial charge on any atom is 0.407 e. The van der Waals surface area contributed by atoms with Gasteiger partial charge in [0, 0.05) is 18.9 Å². The van der Waals surface area contributed by atoms with Crippen molar-refractivity contribution in [2.45, 2.75) is 149 Å². The Kier molecular flexibility index (Phi) is 18.3. The van der Waals surface area contributed by atoms with Crippen LogP contribution < -0.4 is 21.7 Å². The quantitative estimate of drug-likeness (QED) is 0.125. The number of Topliss-reactive ketones (excluding diaryl/α,β-unsaturated/α-hetero) is 1.